The molecule has 1 aliphatic rings. The van der Waals surface area contributed by atoms with Gasteiger partial charge in [0.2, 0.25) is 0 Å². The molecule has 0 N–H and O–H groups in total. The van der Waals surface area contributed by atoms with Gasteiger partial charge in [0.05, 0.1) is 24.7 Å². The number of methoxy groups -OCH3 is 1. The summed E-state index contributed by atoms with van der Waals surface area (Å²) in [6.07, 6.45) is 1.27. The zero-order valence-electron chi connectivity index (χ0n) is 18.7. The van der Waals surface area contributed by atoms with Crippen molar-refractivity contribution in [3.05, 3.63) is 63.5 Å². The summed E-state index contributed by atoms with van der Waals surface area (Å²) in [4.78, 5) is 50.4. The van der Waals surface area contributed by atoms with Gasteiger partial charge in [-0.2, -0.15) is 0 Å². The number of carbonyl (C=O) groups excluding carboxylic acids is 4. The zero-order chi connectivity index (χ0) is 24.8. The fourth-order valence-corrected chi connectivity index (χ4v) is 3.95. The van der Waals surface area contributed by atoms with E-state index in [-0.39, 0.29) is 29.9 Å². The van der Waals surface area contributed by atoms with Gasteiger partial charge in [-0.3, -0.25) is 19.3 Å². The number of rotatable bonds is 9. The molecule has 3 rings (SSSR count). The van der Waals surface area contributed by atoms with E-state index >= 15 is 0 Å². The normalized spacial score (nSPS) is 14.6. The van der Waals surface area contributed by atoms with Crippen LogP contribution < -0.4 is 9.47 Å². The number of amides is 2. The summed E-state index contributed by atoms with van der Waals surface area (Å²) in [7, 11) is 1.44. The third-order valence-corrected chi connectivity index (χ3v) is 5.70. The minimum atomic E-state index is -0.562. The van der Waals surface area contributed by atoms with E-state index in [1.165, 1.54) is 25.3 Å². The van der Waals surface area contributed by atoms with Crippen molar-refractivity contribution < 1.29 is 33.4 Å². The Morgan fingerprint density at radius 2 is 1.79 bits per heavy atom. The Labute approximate surface area is 205 Å². The van der Waals surface area contributed by atoms with Gasteiger partial charge >= 0.3 is 5.97 Å². The third-order valence-electron chi connectivity index (χ3n) is 4.54. The lowest BCUT2D eigenvalue weighted by atomic mass is 10.1. The standard InChI is InChI=1S/C24H22ClNO7S/c1-14(2)33-22(28)13-32-19-9-4-15(10-20(19)31-3)11-21-23(29)26(24(30)34-21)12-18(27)16-5-7-17(25)8-6-16/h4-11,14H,12-13H2,1-3H3/b21-11-. The van der Waals surface area contributed by atoms with E-state index in [2.05, 4.69) is 0 Å². The molecule has 2 aromatic carbocycles. The Morgan fingerprint density at radius 3 is 2.44 bits per heavy atom. The Balaban J connectivity index is 1.70. The number of halogens is 1. The summed E-state index contributed by atoms with van der Waals surface area (Å²) in [5.41, 5.74) is 0.925. The highest BCUT2D eigenvalue weighted by molar-refractivity contribution is 8.18. The van der Waals surface area contributed by atoms with Gasteiger partial charge in [-0.15, -0.1) is 0 Å². The smallest absolute Gasteiger partial charge is 0.344 e. The second-order valence-corrected chi connectivity index (χ2v) is 8.87. The monoisotopic (exact) mass is 503 g/mol. The molecule has 1 heterocycles. The Hall–Kier alpha value is -3.30. The SMILES string of the molecule is COc1cc(/C=C2\SC(=O)N(CC(=O)c3ccc(Cl)cc3)C2=O)ccc1OCC(=O)OC(C)C. The average molecular weight is 504 g/mol. The summed E-state index contributed by atoms with van der Waals surface area (Å²) in [6, 6.07) is 11.1. The van der Waals surface area contributed by atoms with Crippen LogP contribution in [0.25, 0.3) is 6.08 Å². The van der Waals surface area contributed by atoms with Gasteiger partial charge in [-0.1, -0.05) is 17.7 Å². The molecule has 34 heavy (non-hydrogen) atoms. The number of carbonyl (C=O) groups is 4. The molecule has 0 saturated carbocycles. The van der Waals surface area contributed by atoms with Gasteiger partial charge in [-0.25, -0.2) is 4.79 Å². The second-order valence-electron chi connectivity index (χ2n) is 7.44. The van der Waals surface area contributed by atoms with E-state index in [4.69, 9.17) is 25.8 Å². The van der Waals surface area contributed by atoms with Gasteiger partial charge in [0, 0.05) is 10.6 Å². The predicted octanol–water partition coefficient (Wildman–Crippen LogP) is 4.60. The Bertz CT molecular complexity index is 1140. The van der Waals surface area contributed by atoms with Crippen LogP contribution in [0.4, 0.5) is 4.79 Å². The van der Waals surface area contributed by atoms with E-state index < -0.39 is 17.1 Å². The molecule has 1 fully saturated rings. The predicted molar refractivity (Wildman–Crippen MR) is 128 cm³/mol. The van der Waals surface area contributed by atoms with E-state index in [1.54, 1.807) is 44.2 Å². The molecular weight excluding hydrogens is 482 g/mol. The van der Waals surface area contributed by atoms with Gasteiger partial charge < -0.3 is 14.2 Å². The Morgan fingerprint density at radius 1 is 1.09 bits per heavy atom. The maximum atomic E-state index is 12.8. The fourth-order valence-electron chi connectivity index (χ4n) is 2.99. The zero-order valence-corrected chi connectivity index (χ0v) is 20.3. The highest BCUT2D eigenvalue weighted by Crippen LogP contribution is 2.34. The quantitative estimate of drug-likeness (QED) is 0.278. The lowest BCUT2D eigenvalue weighted by Crippen LogP contribution is -2.33. The molecule has 0 bridgehead atoms. The van der Waals surface area contributed by atoms with Crippen LogP contribution in [-0.2, 0) is 14.3 Å². The number of hydrogen-bond donors (Lipinski definition) is 0. The number of esters is 1. The number of ether oxygens (including phenoxy) is 3. The summed E-state index contributed by atoms with van der Waals surface area (Å²) in [5, 5.41) is -0.0536. The molecule has 2 amide bonds. The minimum absolute atomic E-state index is 0.171. The Kier molecular flexibility index (Phi) is 8.36. The number of ketones is 1. The number of benzene rings is 2. The lowest BCUT2D eigenvalue weighted by molar-refractivity contribution is -0.149. The van der Waals surface area contributed by atoms with Crippen LogP contribution in [0, 0.1) is 0 Å². The molecule has 2 aromatic rings. The van der Waals surface area contributed by atoms with Crippen molar-refractivity contribution in [2.24, 2.45) is 0 Å². The maximum Gasteiger partial charge on any atom is 0.344 e. The molecule has 8 nitrogen and oxygen atoms in total. The van der Waals surface area contributed by atoms with Crippen LogP contribution in [0.15, 0.2) is 47.4 Å². The number of hydrogen-bond acceptors (Lipinski definition) is 8. The van der Waals surface area contributed by atoms with Crippen LogP contribution >= 0.6 is 23.4 Å². The minimum Gasteiger partial charge on any atom is -0.493 e. The van der Waals surface area contributed by atoms with Crippen molar-refractivity contribution in [1.82, 2.24) is 4.90 Å². The molecule has 1 saturated heterocycles. The largest absolute Gasteiger partial charge is 0.493 e. The summed E-state index contributed by atoms with van der Waals surface area (Å²) < 4.78 is 15.8. The van der Waals surface area contributed by atoms with Crippen LogP contribution in [-0.4, -0.2) is 54.2 Å². The number of Topliss-reactive ketones (excluding diaryl/α,β-unsaturated/α-hetero) is 1. The van der Waals surface area contributed by atoms with Crippen LogP contribution in [0.2, 0.25) is 5.02 Å². The van der Waals surface area contributed by atoms with Crippen molar-refractivity contribution >= 4 is 52.3 Å². The highest BCUT2D eigenvalue weighted by Gasteiger charge is 2.36. The number of imide groups is 1. The highest BCUT2D eigenvalue weighted by atomic mass is 35.5. The van der Waals surface area contributed by atoms with Crippen LogP contribution in [0.5, 0.6) is 11.5 Å². The van der Waals surface area contributed by atoms with Gasteiger partial charge in [0.1, 0.15) is 0 Å². The van der Waals surface area contributed by atoms with Gasteiger partial charge in [0.25, 0.3) is 11.1 Å². The van der Waals surface area contributed by atoms with Crippen molar-refractivity contribution in [1.29, 1.82) is 0 Å². The molecular formula is C24H22ClNO7S. The van der Waals surface area contributed by atoms with E-state index in [0.29, 0.717) is 27.6 Å². The van der Waals surface area contributed by atoms with Gasteiger partial charge in [0.15, 0.2) is 23.9 Å². The first-order valence-corrected chi connectivity index (χ1v) is 11.4. The molecule has 10 heteroatoms. The molecule has 0 aliphatic carbocycles. The number of nitrogens with zero attached hydrogens (tertiary/aromatic N) is 1. The van der Waals surface area contributed by atoms with E-state index in [1.807, 2.05) is 0 Å². The van der Waals surface area contributed by atoms with Crippen molar-refractivity contribution in [2.45, 2.75) is 20.0 Å². The van der Waals surface area contributed by atoms with E-state index in [9.17, 15) is 19.2 Å². The van der Waals surface area contributed by atoms with Crippen molar-refractivity contribution in [2.75, 3.05) is 20.3 Å². The third kappa shape index (κ3) is 6.39. The summed E-state index contributed by atoms with van der Waals surface area (Å²) in [6.45, 7) is 2.83. The summed E-state index contributed by atoms with van der Waals surface area (Å²) in [5.74, 6) is -0.791. The average Bonchev–Trinajstić information content (AvgIpc) is 3.05. The van der Waals surface area contributed by atoms with Gasteiger partial charge in [-0.05, 0) is 73.6 Å². The van der Waals surface area contributed by atoms with Crippen LogP contribution in [0.1, 0.15) is 29.8 Å². The molecule has 0 radical (unpaired) electrons. The molecule has 1 aliphatic heterocycles. The van der Waals surface area contributed by atoms with Crippen molar-refractivity contribution in [3.63, 3.8) is 0 Å². The lowest BCUT2D eigenvalue weighted by Gasteiger charge is -2.12. The van der Waals surface area contributed by atoms with Crippen LogP contribution in [0.3, 0.4) is 0 Å². The summed E-state index contributed by atoms with van der Waals surface area (Å²) >= 11 is 6.58. The second kappa shape index (κ2) is 11.2. The first-order valence-electron chi connectivity index (χ1n) is 10.2. The molecule has 0 unspecified atom stereocenters. The number of thioether (sulfide) groups is 1. The van der Waals surface area contributed by atoms with Crippen molar-refractivity contribution in [3.8, 4) is 11.5 Å². The fraction of sp³-hybridized carbons (Fsp3) is 0.250. The maximum absolute atomic E-state index is 12.8. The first kappa shape index (κ1) is 25.3. The van der Waals surface area contributed by atoms with E-state index in [0.717, 1.165) is 16.7 Å². The molecule has 0 atom stereocenters. The first-order chi connectivity index (χ1) is 16.2. The molecule has 0 spiro atoms. The molecule has 178 valence electrons. The topological polar surface area (TPSA) is 99.2 Å². The molecule has 0 aromatic heterocycles.